The number of urea groups is 1. The van der Waals surface area contributed by atoms with E-state index in [9.17, 15) is 9.59 Å². The van der Waals surface area contributed by atoms with Crippen LogP contribution in [0.25, 0.3) is 0 Å². The minimum Gasteiger partial charge on any atom is -0.480 e. The van der Waals surface area contributed by atoms with Gasteiger partial charge in [0.2, 0.25) is 5.13 Å². The van der Waals surface area contributed by atoms with Gasteiger partial charge in [-0.15, -0.1) is 10.2 Å². The molecular weight excluding hydrogens is 244 g/mol. The highest BCUT2D eigenvalue weighted by molar-refractivity contribution is 7.15. The van der Waals surface area contributed by atoms with Crippen molar-refractivity contribution in [2.24, 2.45) is 0 Å². The first-order valence-electron chi connectivity index (χ1n) is 5.16. The minimum atomic E-state index is -1.01. The molecule has 1 saturated carbocycles. The molecule has 92 valence electrons. The summed E-state index contributed by atoms with van der Waals surface area (Å²) in [6, 6.07) is -0.383. The van der Waals surface area contributed by atoms with E-state index in [0.717, 1.165) is 17.8 Å². The molecule has 8 heteroatoms. The summed E-state index contributed by atoms with van der Waals surface area (Å²) in [5.74, 6) is -1.01. The minimum absolute atomic E-state index is 0.0418. The maximum absolute atomic E-state index is 11.8. The van der Waals surface area contributed by atoms with Crippen LogP contribution in [0.2, 0.25) is 0 Å². The Kier molecular flexibility index (Phi) is 3.23. The highest BCUT2D eigenvalue weighted by Crippen LogP contribution is 2.27. The number of carbonyl (C=O) groups excluding carboxylic acids is 1. The van der Waals surface area contributed by atoms with Crippen LogP contribution in [0.15, 0.2) is 0 Å². The number of hydrogen-bond donors (Lipinski definition) is 2. The summed E-state index contributed by atoms with van der Waals surface area (Å²) >= 11 is 1.26. The zero-order valence-electron chi connectivity index (χ0n) is 9.21. The number of amides is 2. The zero-order chi connectivity index (χ0) is 12.4. The van der Waals surface area contributed by atoms with E-state index < -0.39 is 12.0 Å². The van der Waals surface area contributed by atoms with E-state index in [4.69, 9.17) is 5.11 Å². The molecule has 0 radical (unpaired) electrons. The molecule has 0 aliphatic heterocycles. The molecule has 2 amide bonds. The van der Waals surface area contributed by atoms with Gasteiger partial charge >= 0.3 is 12.0 Å². The van der Waals surface area contributed by atoms with Gasteiger partial charge in [-0.1, -0.05) is 11.3 Å². The number of nitrogens with one attached hydrogen (secondary N) is 1. The number of carboxylic acids is 1. The Morgan fingerprint density at radius 3 is 2.71 bits per heavy atom. The molecule has 0 unspecified atom stereocenters. The average molecular weight is 256 g/mol. The van der Waals surface area contributed by atoms with Crippen molar-refractivity contribution in [1.82, 2.24) is 15.1 Å². The molecule has 17 heavy (non-hydrogen) atoms. The van der Waals surface area contributed by atoms with Crippen molar-refractivity contribution in [3.8, 4) is 0 Å². The zero-order valence-corrected chi connectivity index (χ0v) is 10.0. The number of carbonyl (C=O) groups is 2. The van der Waals surface area contributed by atoms with Gasteiger partial charge in [0, 0.05) is 6.04 Å². The Morgan fingerprint density at radius 2 is 2.24 bits per heavy atom. The first-order chi connectivity index (χ1) is 8.06. The van der Waals surface area contributed by atoms with Crippen LogP contribution in [0.4, 0.5) is 9.93 Å². The molecule has 0 spiro atoms. The van der Waals surface area contributed by atoms with Gasteiger partial charge in [0.15, 0.2) is 0 Å². The van der Waals surface area contributed by atoms with Crippen molar-refractivity contribution in [3.63, 3.8) is 0 Å². The van der Waals surface area contributed by atoms with Gasteiger partial charge in [-0.3, -0.25) is 10.1 Å². The quantitative estimate of drug-likeness (QED) is 0.835. The molecule has 0 aromatic carbocycles. The van der Waals surface area contributed by atoms with Gasteiger partial charge in [0.05, 0.1) is 0 Å². The Morgan fingerprint density at radius 1 is 1.53 bits per heavy atom. The first kappa shape index (κ1) is 11.8. The van der Waals surface area contributed by atoms with E-state index in [1.165, 1.54) is 16.2 Å². The Balaban J connectivity index is 1.98. The summed E-state index contributed by atoms with van der Waals surface area (Å²) < 4.78 is 0. The number of anilines is 1. The molecular formula is C9H12N4O3S. The van der Waals surface area contributed by atoms with Crippen LogP contribution in [0.1, 0.15) is 17.8 Å². The second-order valence-electron chi connectivity index (χ2n) is 3.81. The second kappa shape index (κ2) is 4.66. The summed E-state index contributed by atoms with van der Waals surface area (Å²) in [6.45, 7) is 1.50. The number of aromatic nitrogens is 2. The molecule has 1 aliphatic carbocycles. The summed E-state index contributed by atoms with van der Waals surface area (Å²) in [7, 11) is 0. The molecule has 0 bridgehead atoms. The van der Waals surface area contributed by atoms with Crippen LogP contribution < -0.4 is 5.32 Å². The van der Waals surface area contributed by atoms with Crippen LogP contribution in [-0.2, 0) is 4.79 Å². The lowest BCUT2D eigenvalue weighted by atomic mass is 10.5. The normalized spacial score (nSPS) is 14.4. The number of aliphatic carboxylic acids is 1. The third kappa shape index (κ3) is 3.13. The molecule has 1 aromatic heterocycles. The summed E-state index contributed by atoms with van der Waals surface area (Å²) in [5, 5.41) is 20.0. The van der Waals surface area contributed by atoms with Gasteiger partial charge in [-0.25, -0.2) is 4.79 Å². The van der Waals surface area contributed by atoms with Crippen LogP contribution >= 0.6 is 11.3 Å². The number of carboxylic acid groups (broad SMARTS) is 1. The maximum atomic E-state index is 11.8. The third-order valence-electron chi connectivity index (χ3n) is 2.29. The third-order valence-corrected chi connectivity index (χ3v) is 3.05. The topological polar surface area (TPSA) is 95.4 Å². The van der Waals surface area contributed by atoms with Crippen LogP contribution in [0, 0.1) is 6.92 Å². The summed E-state index contributed by atoms with van der Waals surface area (Å²) in [6.07, 6.45) is 1.71. The molecule has 0 saturated heterocycles. The monoisotopic (exact) mass is 256 g/mol. The van der Waals surface area contributed by atoms with E-state index in [1.807, 2.05) is 0 Å². The van der Waals surface area contributed by atoms with Crippen molar-refractivity contribution in [1.29, 1.82) is 0 Å². The van der Waals surface area contributed by atoms with Crippen LogP contribution in [0.5, 0.6) is 0 Å². The van der Waals surface area contributed by atoms with E-state index in [2.05, 4.69) is 15.5 Å². The molecule has 2 rings (SSSR count). The van der Waals surface area contributed by atoms with Gasteiger partial charge in [-0.05, 0) is 19.8 Å². The summed E-state index contributed by atoms with van der Waals surface area (Å²) in [4.78, 5) is 23.8. The molecule has 2 N–H and O–H groups in total. The fourth-order valence-corrected chi connectivity index (χ4v) is 1.99. The lowest BCUT2D eigenvalue weighted by Gasteiger charge is -2.19. The van der Waals surface area contributed by atoms with Crippen molar-refractivity contribution < 1.29 is 14.7 Å². The Bertz CT molecular complexity index is 443. The molecule has 1 aromatic rings. The Labute approximate surface area is 101 Å². The van der Waals surface area contributed by atoms with E-state index in [0.29, 0.717) is 5.13 Å². The number of hydrogen-bond acceptors (Lipinski definition) is 5. The van der Waals surface area contributed by atoms with E-state index in [1.54, 1.807) is 6.92 Å². The SMILES string of the molecule is Cc1nnc(NC(=O)N(CC(=O)O)C2CC2)s1. The number of nitrogens with zero attached hydrogens (tertiary/aromatic N) is 3. The fourth-order valence-electron chi connectivity index (χ4n) is 1.41. The first-order valence-corrected chi connectivity index (χ1v) is 5.97. The van der Waals surface area contributed by atoms with Gasteiger partial charge in [0.25, 0.3) is 0 Å². The Hall–Kier alpha value is -1.70. The number of rotatable bonds is 4. The lowest BCUT2D eigenvalue weighted by Crippen LogP contribution is -2.40. The van der Waals surface area contributed by atoms with Gasteiger partial charge in [-0.2, -0.15) is 0 Å². The fraction of sp³-hybridized carbons (Fsp3) is 0.556. The predicted octanol–water partition coefficient (Wildman–Crippen LogP) is 0.927. The highest BCUT2D eigenvalue weighted by Gasteiger charge is 2.34. The highest BCUT2D eigenvalue weighted by atomic mass is 32.1. The summed E-state index contributed by atoms with van der Waals surface area (Å²) in [5.41, 5.74) is 0. The standard InChI is InChI=1S/C9H12N4O3S/c1-5-11-12-8(17-5)10-9(16)13(4-7(14)15)6-2-3-6/h6H,2-4H2,1H3,(H,14,15)(H,10,12,16). The van der Waals surface area contributed by atoms with Gasteiger partial charge < -0.3 is 10.0 Å². The smallest absolute Gasteiger partial charge is 0.324 e. The molecule has 7 nitrogen and oxygen atoms in total. The molecule has 1 aliphatic rings. The van der Waals surface area contributed by atoms with Crippen LogP contribution in [-0.4, -0.2) is 44.8 Å². The van der Waals surface area contributed by atoms with Crippen molar-refractivity contribution in [3.05, 3.63) is 5.01 Å². The largest absolute Gasteiger partial charge is 0.480 e. The second-order valence-corrected chi connectivity index (χ2v) is 4.99. The van der Waals surface area contributed by atoms with E-state index >= 15 is 0 Å². The van der Waals surface area contributed by atoms with Crippen molar-refractivity contribution in [2.45, 2.75) is 25.8 Å². The van der Waals surface area contributed by atoms with Gasteiger partial charge in [0.1, 0.15) is 11.6 Å². The van der Waals surface area contributed by atoms with E-state index in [-0.39, 0.29) is 12.6 Å². The number of aryl methyl sites for hydroxylation is 1. The lowest BCUT2D eigenvalue weighted by molar-refractivity contribution is -0.137. The van der Waals surface area contributed by atoms with Crippen molar-refractivity contribution >= 4 is 28.5 Å². The van der Waals surface area contributed by atoms with Crippen LogP contribution in [0.3, 0.4) is 0 Å². The molecule has 1 fully saturated rings. The molecule has 1 heterocycles. The molecule has 0 atom stereocenters. The predicted molar refractivity (Wildman–Crippen MR) is 61.0 cm³/mol. The van der Waals surface area contributed by atoms with Crippen molar-refractivity contribution in [2.75, 3.05) is 11.9 Å². The average Bonchev–Trinajstić information content (AvgIpc) is 3.00. The maximum Gasteiger partial charge on any atom is 0.324 e.